The van der Waals surface area contributed by atoms with Crippen LogP contribution in [0.4, 0.5) is 4.79 Å². The molecule has 2 N–H and O–H groups in total. The van der Waals surface area contributed by atoms with Crippen LogP contribution in [0.5, 0.6) is 5.75 Å². The molecule has 1 amide bonds. The molecule has 2 atom stereocenters. The van der Waals surface area contributed by atoms with Crippen LogP contribution in [0.15, 0.2) is 24.3 Å². The molecule has 24 heavy (non-hydrogen) atoms. The summed E-state index contributed by atoms with van der Waals surface area (Å²) < 4.78 is 10.9. The molecule has 0 fully saturated rings. The molecule has 1 aromatic rings. The Morgan fingerprint density at radius 2 is 1.96 bits per heavy atom. The first-order valence-corrected chi connectivity index (χ1v) is 8.82. The molecule has 0 aliphatic rings. The van der Waals surface area contributed by atoms with E-state index in [9.17, 15) is 9.90 Å². The number of carbonyl (C=O) groups excluding carboxylic acids is 1. The lowest BCUT2D eigenvalue weighted by molar-refractivity contribution is 0.112. The number of benzene rings is 1. The third-order valence-electron chi connectivity index (χ3n) is 3.58. The number of carbonyl (C=O) groups is 1. The van der Waals surface area contributed by atoms with Crippen molar-refractivity contribution >= 4 is 6.09 Å². The number of unbranched alkanes of at least 4 members (excludes halogenated alkanes) is 3. The summed E-state index contributed by atoms with van der Waals surface area (Å²) in [6, 6.07) is 6.85. The standard InChI is InChI=1S/C19H31NO4/c1-5-6-7-8-12-23-19(22)20-18(15(4)21)16-10-9-11-17(13-16)24-14(2)3/h9-11,13-15,18,21H,5-8,12H2,1-4H3,(H,20,22)/t15-,18-/m0/s1. The van der Waals surface area contributed by atoms with Gasteiger partial charge in [-0.15, -0.1) is 0 Å². The van der Waals surface area contributed by atoms with Gasteiger partial charge < -0.3 is 19.9 Å². The molecule has 5 nitrogen and oxygen atoms in total. The first-order chi connectivity index (χ1) is 11.4. The third-order valence-corrected chi connectivity index (χ3v) is 3.58. The quantitative estimate of drug-likeness (QED) is 0.628. The Kier molecular flexibility index (Phi) is 9.23. The summed E-state index contributed by atoms with van der Waals surface area (Å²) in [5.41, 5.74) is 0.783. The second kappa shape index (κ2) is 10.9. The zero-order valence-electron chi connectivity index (χ0n) is 15.2. The SMILES string of the molecule is CCCCCCOC(=O)N[C@H](c1cccc(OC(C)C)c1)[C@H](C)O. The second-order valence-corrected chi connectivity index (χ2v) is 6.30. The average Bonchev–Trinajstić information content (AvgIpc) is 2.51. The normalized spacial score (nSPS) is 13.4. The maximum absolute atomic E-state index is 12.0. The fraction of sp³-hybridized carbons (Fsp3) is 0.632. The van der Waals surface area contributed by atoms with E-state index < -0.39 is 18.2 Å². The van der Waals surface area contributed by atoms with E-state index in [2.05, 4.69) is 12.2 Å². The second-order valence-electron chi connectivity index (χ2n) is 6.30. The number of aliphatic hydroxyl groups excluding tert-OH is 1. The number of aliphatic hydroxyl groups is 1. The van der Waals surface area contributed by atoms with Gasteiger partial charge in [-0.1, -0.05) is 38.3 Å². The summed E-state index contributed by atoms with van der Waals surface area (Å²) in [5.74, 6) is 0.711. The van der Waals surface area contributed by atoms with Crippen LogP contribution in [0.1, 0.15) is 65.0 Å². The topological polar surface area (TPSA) is 67.8 Å². The number of ether oxygens (including phenoxy) is 2. The molecule has 0 aromatic heterocycles. The molecule has 0 aliphatic heterocycles. The Labute approximate surface area is 145 Å². The fourth-order valence-electron chi connectivity index (χ4n) is 2.40. The van der Waals surface area contributed by atoms with Gasteiger partial charge in [0.1, 0.15) is 5.75 Å². The third kappa shape index (κ3) is 7.68. The maximum Gasteiger partial charge on any atom is 0.407 e. The molecule has 0 saturated heterocycles. The average molecular weight is 337 g/mol. The molecule has 0 bridgehead atoms. The summed E-state index contributed by atoms with van der Waals surface area (Å²) in [4.78, 5) is 12.0. The smallest absolute Gasteiger partial charge is 0.407 e. The molecule has 0 spiro atoms. The lowest BCUT2D eigenvalue weighted by Crippen LogP contribution is -2.35. The Hall–Kier alpha value is -1.75. The highest BCUT2D eigenvalue weighted by Gasteiger charge is 2.21. The Morgan fingerprint density at radius 3 is 2.58 bits per heavy atom. The molecule has 0 radical (unpaired) electrons. The molecule has 0 heterocycles. The van der Waals surface area contributed by atoms with Crippen molar-refractivity contribution in [1.82, 2.24) is 5.32 Å². The summed E-state index contributed by atoms with van der Waals surface area (Å²) in [6.45, 7) is 8.08. The van der Waals surface area contributed by atoms with Gasteiger partial charge in [0, 0.05) is 0 Å². The predicted molar refractivity (Wildman–Crippen MR) is 95.3 cm³/mol. The van der Waals surface area contributed by atoms with Crippen molar-refractivity contribution in [2.24, 2.45) is 0 Å². The molecule has 5 heteroatoms. The van der Waals surface area contributed by atoms with E-state index in [0.717, 1.165) is 31.2 Å². The van der Waals surface area contributed by atoms with E-state index in [-0.39, 0.29) is 6.10 Å². The van der Waals surface area contributed by atoms with Crippen molar-refractivity contribution in [3.05, 3.63) is 29.8 Å². The first kappa shape index (κ1) is 20.3. The minimum atomic E-state index is -0.744. The van der Waals surface area contributed by atoms with Crippen LogP contribution in [0.3, 0.4) is 0 Å². The minimum absolute atomic E-state index is 0.0614. The number of hydrogen-bond acceptors (Lipinski definition) is 4. The zero-order valence-corrected chi connectivity index (χ0v) is 15.2. The van der Waals surface area contributed by atoms with Gasteiger partial charge in [0.05, 0.1) is 24.9 Å². The number of alkyl carbamates (subject to hydrolysis) is 1. The maximum atomic E-state index is 12.0. The van der Waals surface area contributed by atoms with Gasteiger partial charge in [-0.2, -0.15) is 0 Å². The predicted octanol–water partition coefficient (Wildman–Crippen LogP) is 4.20. The summed E-state index contributed by atoms with van der Waals surface area (Å²) in [7, 11) is 0. The highest BCUT2D eigenvalue weighted by atomic mass is 16.5. The van der Waals surface area contributed by atoms with Crippen molar-refractivity contribution in [3.63, 3.8) is 0 Å². The van der Waals surface area contributed by atoms with Crippen molar-refractivity contribution in [1.29, 1.82) is 0 Å². The Morgan fingerprint density at radius 1 is 1.21 bits per heavy atom. The van der Waals surface area contributed by atoms with Crippen molar-refractivity contribution < 1.29 is 19.4 Å². The van der Waals surface area contributed by atoms with Crippen LogP contribution >= 0.6 is 0 Å². The fourth-order valence-corrected chi connectivity index (χ4v) is 2.40. The van der Waals surface area contributed by atoms with E-state index in [1.165, 1.54) is 0 Å². The van der Waals surface area contributed by atoms with Gasteiger partial charge in [0.15, 0.2) is 0 Å². The molecule has 136 valence electrons. The van der Waals surface area contributed by atoms with Gasteiger partial charge in [-0.3, -0.25) is 0 Å². The van der Waals surface area contributed by atoms with E-state index in [4.69, 9.17) is 9.47 Å². The van der Waals surface area contributed by atoms with Crippen LogP contribution < -0.4 is 10.1 Å². The highest BCUT2D eigenvalue weighted by molar-refractivity contribution is 5.68. The van der Waals surface area contributed by atoms with Crippen molar-refractivity contribution in [2.75, 3.05) is 6.61 Å². The summed E-state index contributed by atoms with van der Waals surface area (Å²) >= 11 is 0. The van der Waals surface area contributed by atoms with Gasteiger partial charge in [0.25, 0.3) is 0 Å². The lowest BCUT2D eigenvalue weighted by atomic mass is 10.0. The largest absolute Gasteiger partial charge is 0.491 e. The van der Waals surface area contributed by atoms with E-state index in [1.54, 1.807) is 6.92 Å². The Bertz CT molecular complexity index is 488. The van der Waals surface area contributed by atoms with Crippen LogP contribution in [-0.4, -0.2) is 30.0 Å². The zero-order chi connectivity index (χ0) is 17.9. The summed E-state index contributed by atoms with van der Waals surface area (Å²) in [5, 5.41) is 12.8. The molecule has 1 rings (SSSR count). The first-order valence-electron chi connectivity index (χ1n) is 8.82. The monoisotopic (exact) mass is 337 g/mol. The molecule has 0 aliphatic carbocycles. The van der Waals surface area contributed by atoms with Crippen molar-refractivity contribution in [2.45, 2.75) is 71.6 Å². The number of hydrogen-bond donors (Lipinski definition) is 2. The number of rotatable bonds is 10. The van der Waals surface area contributed by atoms with Crippen molar-refractivity contribution in [3.8, 4) is 5.75 Å². The van der Waals surface area contributed by atoms with Crippen LogP contribution in [0.2, 0.25) is 0 Å². The minimum Gasteiger partial charge on any atom is -0.491 e. The Balaban J connectivity index is 2.62. The molecule has 0 saturated carbocycles. The van der Waals surface area contributed by atoms with E-state index in [1.807, 2.05) is 38.1 Å². The molecule has 0 unspecified atom stereocenters. The van der Waals surface area contributed by atoms with Gasteiger partial charge in [-0.05, 0) is 44.9 Å². The van der Waals surface area contributed by atoms with Gasteiger partial charge in [0.2, 0.25) is 0 Å². The lowest BCUT2D eigenvalue weighted by Gasteiger charge is -2.22. The molecular formula is C19H31NO4. The number of nitrogens with one attached hydrogen (secondary N) is 1. The molecule has 1 aromatic carbocycles. The van der Waals surface area contributed by atoms with Crippen LogP contribution in [0, 0.1) is 0 Å². The van der Waals surface area contributed by atoms with Gasteiger partial charge in [-0.25, -0.2) is 4.79 Å². The van der Waals surface area contributed by atoms with Crippen LogP contribution in [-0.2, 0) is 4.74 Å². The van der Waals surface area contributed by atoms with Gasteiger partial charge >= 0.3 is 6.09 Å². The molecular weight excluding hydrogens is 306 g/mol. The van der Waals surface area contributed by atoms with Crippen LogP contribution in [0.25, 0.3) is 0 Å². The van der Waals surface area contributed by atoms with E-state index in [0.29, 0.717) is 12.4 Å². The summed E-state index contributed by atoms with van der Waals surface area (Å²) in [6.07, 6.45) is 3.01. The highest BCUT2D eigenvalue weighted by Crippen LogP contribution is 2.23. The number of amides is 1. The van der Waals surface area contributed by atoms with E-state index >= 15 is 0 Å².